The second-order valence-corrected chi connectivity index (χ2v) is 5.90. The average molecular weight is 255 g/mol. The molecule has 1 fully saturated rings. The number of hydrogen-bond acceptors (Lipinski definition) is 4. The monoisotopic (exact) mass is 255 g/mol. The van der Waals surface area contributed by atoms with Crippen LogP contribution >= 0.6 is 11.8 Å². The van der Waals surface area contributed by atoms with Gasteiger partial charge in [-0.3, -0.25) is 9.79 Å². The minimum atomic E-state index is -0.148. The largest absolute Gasteiger partial charge is 0.353 e. The number of carbonyl (C=O) groups excluding carboxylic acids is 1. The third-order valence-electron chi connectivity index (χ3n) is 3.24. The smallest absolute Gasteiger partial charge is 0.244 e. The van der Waals surface area contributed by atoms with Crippen molar-refractivity contribution >= 4 is 22.8 Å². The van der Waals surface area contributed by atoms with Crippen LogP contribution in [0.15, 0.2) is 4.99 Å². The van der Waals surface area contributed by atoms with Crippen molar-refractivity contribution in [2.24, 2.45) is 4.99 Å². The zero-order valence-corrected chi connectivity index (χ0v) is 11.4. The maximum absolute atomic E-state index is 12.1. The molecule has 2 unspecified atom stereocenters. The Bertz CT molecular complexity index is 313. The summed E-state index contributed by atoms with van der Waals surface area (Å²) in [7, 11) is 0. The van der Waals surface area contributed by atoms with Crippen LogP contribution in [0.3, 0.4) is 0 Å². The maximum Gasteiger partial charge on any atom is 0.244 e. The lowest BCUT2D eigenvalue weighted by Gasteiger charge is -2.24. The Hall–Kier alpha value is -0.710. The van der Waals surface area contributed by atoms with E-state index in [4.69, 9.17) is 0 Å². The predicted molar refractivity (Wildman–Crippen MR) is 72.4 cm³/mol. The van der Waals surface area contributed by atoms with E-state index in [0.717, 1.165) is 43.3 Å². The van der Waals surface area contributed by atoms with E-state index in [0.29, 0.717) is 6.04 Å². The van der Waals surface area contributed by atoms with Gasteiger partial charge < -0.3 is 10.2 Å². The lowest BCUT2D eigenvalue weighted by Crippen LogP contribution is -2.46. The van der Waals surface area contributed by atoms with Gasteiger partial charge in [-0.15, -0.1) is 0 Å². The lowest BCUT2D eigenvalue weighted by molar-refractivity contribution is -0.131. The first-order chi connectivity index (χ1) is 8.16. The predicted octanol–water partition coefficient (Wildman–Crippen LogP) is 1.47. The van der Waals surface area contributed by atoms with Crippen molar-refractivity contribution in [2.75, 3.05) is 18.8 Å². The van der Waals surface area contributed by atoms with E-state index in [1.165, 1.54) is 0 Å². The summed E-state index contributed by atoms with van der Waals surface area (Å²) in [6, 6.07) is 0.234. The molecule has 1 amide bonds. The van der Waals surface area contributed by atoms with E-state index >= 15 is 0 Å². The van der Waals surface area contributed by atoms with Crippen LogP contribution in [0, 0.1) is 0 Å². The van der Waals surface area contributed by atoms with E-state index in [1.807, 2.05) is 11.8 Å². The summed E-state index contributed by atoms with van der Waals surface area (Å²) in [5.74, 6) is 1.31. The fourth-order valence-electron chi connectivity index (χ4n) is 2.17. The van der Waals surface area contributed by atoms with Crippen molar-refractivity contribution < 1.29 is 4.79 Å². The first-order valence-electron chi connectivity index (χ1n) is 6.43. The lowest BCUT2D eigenvalue weighted by atomic mass is 10.3. The summed E-state index contributed by atoms with van der Waals surface area (Å²) in [6.45, 7) is 5.89. The number of hydrogen-bond donors (Lipinski definition) is 1. The van der Waals surface area contributed by atoms with E-state index in [9.17, 15) is 4.79 Å². The quantitative estimate of drug-likeness (QED) is 0.812. The van der Waals surface area contributed by atoms with E-state index in [-0.39, 0.29) is 11.9 Å². The van der Waals surface area contributed by atoms with Crippen molar-refractivity contribution in [3.8, 4) is 0 Å². The fraction of sp³-hybridized carbons (Fsp3) is 0.833. The molecule has 4 nitrogen and oxygen atoms in total. The topological polar surface area (TPSA) is 44.7 Å². The molecule has 17 heavy (non-hydrogen) atoms. The van der Waals surface area contributed by atoms with Crippen LogP contribution in [0.4, 0.5) is 0 Å². The van der Waals surface area contributed by atoms with Crippen LogP contribution in [0.25, 0.3) is 0 Å². The first kappa shape index (κ1) is 12.7. The van der Waals surface area contributed by atoms with Gasteiger partial charge in [-0.25, -0.2) is 0 Å². The summed E-state index contributed by atoms with van der Waals surface area (Å²) in [5.41, 5.74) is 0. The van der Waals surface area contributed by atoms with E-state index in [1.54, 1.807) is 11.8 Å². The highest BCUT2D eigenvalue weighted by molar-refractivity contribution is 8.13. The van der Waals surface area contributed by atoms with Gasteiger partial charge in [0.05, 0.1) is 6.04 Å². The molecule has 0 aromatic carbocycles. The van der Waals surface area contributed by atoms with Gasteiger partial charge in [0.1, 0.15) is 6.04 Å². The van der Waals surface area contributed by atoms with Crippen LogP contribution in [-0.4, -0.2) is 46.9 Å². The Morgan fingerprint density at radius 1 is 1.53 bits per heavy atom. The van der Waals surface area contributed by atoms with Crippen LogP contribution in [0.5, 0.6) is 0 Å². The Morgan fingerprint density at radius 2 is 2.24 bits per heavy atom. The van der Waals surface area contributed by atoms with Crippen molar-refractivity contribution in [1.29, 1.82) is 0 Å². The third kappa shape index (κ3) is 3.37. The zero-order valence-electron chi connectivity index (χ0n) is 10.6. The average Bonchev–Trinajstić information content (AvgIpc) is 2.81. The number of thioether (sulfide) groups is 1. The SMILES string of the molecule is CC1CCSC(NC(C)C(=O)N2CCCC2)=N1. The number of nitrogens with one attached hydrogen (secondary N) is 1. The molecule has 0 bridgehead atoms. The fourth-order valence-corrected chi connectivity index (χ4v) is 3.33. The number of amidine groups is 1. The molecule has 1 saturated heterocycles. The van der Waals surface area contributed by atoms with Gasteiger partial charge in [-0.1, -0.05) is 11.8 Å². The highest BCUT2D eigenvalue weighted by Crippen LogP contribution is 2.16. The van der Waals surface area contributed by atoms with Gasteiger partial charge in [-0.05, 0) is 33.1 Å². The maximum atomic E-state index is 12.1. The molecule has 0 aromatic rings. The first-order valence-corrected chi connectivity index (χ1v) is 7.41. The third-order valence-corrected chi connectivity index (χ3v) is 4.18. The molecule has 2 rings (SSSR count). The molecule has 0 aromatic heterocycles. The molecule has 96 valence electrons. The minimum Gasteiger partial charge on any atom is -0.353 e. The van der Waals surface area contributed by atoms with Gasteiger partial charge >= 0.3 is 0 Å². The van der Waals surface area contributed by atoms with E-state index in [2.05, 4.69) is 17.2 Å². The van der Waals surface area contributed by atoms with Crippen LogP contribution in [-0.2, 0) is 4.79 Å². The molecular formula is C12H21N3OS. The molecule has 0 radical (unpaired) electrons. The van der Waals surface area contributed by atoms with Crippen molar-refractivity contribution in [3.05, 3.63) is 0 Å². The summed E-state index contributed by atoms with van der Waals surface area (Å²) in [5, 5.41) is 4.18. The molecule has 0 saturated carbocycles. The number of carbonyl (C=O) groups is 1. The normalized spacial score (nSPS) is 26.6. The standard InChI is InChI=1S/C12H21N3OS/c1-9-5-8-17-12(13-9)14-10(2)11(16)15-6-3-4-7-15/h9-10H,3-8H2,1-2H3,(H,13,14). The highest BCUT2D eigenvalue weighted by Gasteiger charge is 2.24. The summed E-state index contributed by atoms with van der Waals surface area (Å²) < 4.78 is 0. The molecule has 2 atom stereocenters. The van der Waals surface area contributed by atoms with Gasteiger partial charge in [0.15, 0.2) is 5.17 Å². The van der Waals surface area contributed by atoms with Gasteiger partial charge in [0, 0.05) is 18.8 Å². The van der Waals surface area contributed by atoms with Gasteiger partial charge in [-0.2, -0.15) is 0 Å². The highest BCUT2D eigenvalue weighted by atomic mass is 32.2. The van der Waals surface area contributed by atoms with Crippen molar-refractivity contribution in [1.82, 2.24) is 10.2 Å². The molecule has 2 aliphatic rings. The molecule has 0 spiro atoms. The van der Waals surface area contributed by atoms with Crippen LogP contribution in [0.1, 0.15) is 33.1 Å². The van der Waals surface area contributed by atoms with Crippen LogP contribution in [0.2, 0.25) is 0 Å². The van der Waals surface area contributed by atoms with Gasteiger partial charge in [0.25, 0.3) is 0 Å². The number of likely N-dealkylation sites (tertiary alicyclic amines) is 1. The molecular weight excluding hydrogens is 234 g/mol. The summed E-state index contributed by atoms with van der Waals surface area (Å²) in [4.78, 5) is 18.6. The summed E-state index contributed by atoms with van der Waals surface area (Å²) in [6.07, 6.45) is 3.42. The van der Waals surface area contributed by atoms with Crippen molar-refractivity contribution in [3.63, 3.8) is 0 Å². The minimum absolute atomic E-state index is 0.148. The molecule has 2 heterocycles. The summed E-state index contributed by atoms with van der Waals surface area (Å²) >= 11 is 1.72. The second-order valence-electron chi connectivity index (χ2n) is 4.82. The molecule has 5 heteroatoms. The Kier molecular flexibility index (Phi) is 4.31. The second kappa shape index (κ2) is 5.76. The molecule has 1 N–H and O–H groups in total. The zero-order chi connectivity index (χ0) is 12.3. The number of aliphatic imine (C=N–C) groups is 1. The Balaban J connectivity index is 1.87. The molecule has 2 aliphatic heterocycles. The number of nitrogens with zero attached hydrogens (tertiary/aromatic N) is 2. The Morgan fingerprint density at radius 3 is 2.88 bits per heavy atom. The number of rotatable bonds is 2. The van der Waals surface area contributed by atoms with Crippen LogP contribution < -0.4 is 5.32 Å². The van der Waals surface area contributed by atoms with E-state index < -0.39 is 0 Å². The number of amides is 1. The molecule has 0 aliphatic carbocycles. The van der Waals surface area contributed by atoms with Gasteiger partial charge in [0.2, 0.25) is 5.91 Å². The van der Waals surface area contributed by atoms with Crippen molar-refractivity contribution in [2.45, 2.75) is 45.2 Å². The Labute approximate surface area is 107 Å².